The van der Waals surface area contributed by atoms with Gasteiger partial charge in [-0.05, 0) is 42.5 Å². The predicted molar refractivity (Wildman–Crippen MR) is 111 cm³/mol. The van der Waals surface area contributed by atoms with E-state index < -0.39 is 0 Å². The Labute approximate surface area is 169 Å². The number of carbonyl (C=O) groups excluding carboxylic acids is 1. The number of nitrogens with zero attached hydrogens (tertiary/aromatic N) is 1. The molecule has 1 unspecified atom stereocenters. The van der Waals surface area contributed by atoms with Crippen molar-refractivity contribution in [3.8, 4) is 10.6 Å². The number of aromatic nitrogens is 1. The van der Waals surface area contributed by atoms with Gasteiger partial charge in [0.1, 0.15) is 18.8 Å². The summed E-state index contributed by atoms with van der Waals surface area (Å²) < 4.78 is 10.7. The first-order valence-corrected chi connectivity index (χ1v) is 10.1. The molecule has 1 amide bonds. The third-order valence-corrected chi connectivity index (χ3v) is 5.59. The molecule has 0 bridgehead atoms. The van der Waals surface area contributed by atoms with Gasteiger partial charge >= 0.3 is 0 Å². The smallest absolute Gasteiger partial charge is 0.279 e. The molecule has 0 aliphatic heterocycles. The molecular formula is C21H26N3O3S+. The minimum atomic E-state index is -0.0261. The number of methoxy groups -OCH3 is 1. The highest BCUT2D eigenvalue weighted by atomic mass is 32.1. The summed E-state index contributed by atoms with van der Waals surface area (Å²) in [5.74, 6) is 0.734. The third kappa shape index (κ3) is 5.28. The zero-order valence-corrected chi connectivity index (χ0v) is 17.3. The second-order valence-electron chi connectivity index (χ2n) is 6.80. The first-order chi connectivity index (χ1) is 13.6. The van der Waals surface area contributed by atoms with Gasteiger partial charge in [0.25, 0.3) is 5.91 Å². The highest BCUT2D eigenvalue weighted by Gasteiger charge is 2.18. The molecule has 2 aromatic heterocycles. The molecule has 0 aliphatic rings. The van der Waals surface area contributed by atoms with E-state index in [-0.39, 0.29) is 5.91 Å². The first-order valence-electron chi connectivity index (χ1n) is 9.25. The van der Waals surface area contributed by atoms with E-state index in [1.807, 2.05) is 55.6 Å². The van der Waals surface area contributed by atoms with Gasteiger partial charge in [-0.1, -0.05) is 23.4 Å². The molecule has 1 atom stereocenters. The van der Waals surface area contributed by atoms with Gasteiger partial charge in [0.2, 0.25) is 0 Å². The van der Waals surface area contributed by atoms with Crippen molar-refractivity contribution in [1.82, 2.24) is 5.16 Å². The summed E-state index contributed by atoms with van der Waals surface area (Å²) in [6.45, 7) is 6.26. The quantitative estimate of drug-likeness (QED) is 0.580. The molecule has 0 spiro atoms. The van der Waals surface area contributed by atoms with Crippen LogP contribution < -0.4 is 10.2 Å². The molecule has 0 saturated heterocycles. The van der Waals surface area contributed by atoms with Crippen molar-refractivity contribution in [3.05, 3.63) is 58.6 Å². The lowest BCUT2D eigenvalue weighted by molar-refractivity contribution is -0.906. The number of amides is 1. The average Bonchev–Trinajstić information content (AvgIpc) is 3.35. The summed E-state index contributed by atoms with van der Waals surface area (Å²) in [6.07, 6.45) is 0. The second-order valence-corrected chi connectivity index (χ2v) is 7.75. The van der Waals surface area contributed by atoms with E-state index in [4.69, 9.17) is 9.26 Å². The van der Waals surface area contributed by atoms with Crippen molar-refractivity contribution in [2.45, 2.75) is 20.4 Å². The van der Waals surface area contributed by atoms with E-state index >= 15 is 0 Å². The van der Waals surface area contributed by atoms with E-state index in [0.29, 0.717) is 26.2 Å². The van der Waals surface area contributed by atoms with Crippen molar-refractivity contribution in [1.29, 1.82) is 0 Å². The number of benzene rings is 1. The minimum absolute atomic E-state index is 0.0261. The Balaban J connectivity index is 1.64. The summed E-state index contributed by atoms with van der Waals surface area (Å²) >= 11 is 1.61. The Morgan fingerprint density at radius 3 is 2.89 bits per heavy atom. The molecule has 1 aromatic carbocycles. The van der Waals surface area contributed by atoms with Gasteiger partial charge < -0.3 is 19.5 Å². The lowest BCUT2D eigenvalue weighted by atomic mass is 10.1. The third-order valence-electron chi connectivity index (χ3n) is 4.70. The fraction of sp³-hybridized carbons (Fsp3) is 0.333. The number of hydrogen-bond donors (Lipinski definition) is 2. The van der Waals surface area contributed by atoms with Crippen LogP contribution in [0.15, 0.2) is 46.3 Å². The van der Waals surface area contributed by atoms with Crippen LogP contribution in [0.1, 0.15) is 16.8 Å². The Hall–Kier alpha value is -2.48. The number of ether oxygens (including phenoxy) is 1. The number of hydrogen-bond acceptors (Lipinski definition) is 5. The molecule has 0 saturated carbocycles. The Bertz CT molecular complexity index is 906. The Morgan fingerprint density at radius 2 is 2.14 bits per heavy atom. The highest BCUT2D eigenvalue weighted by molar-refractivity contribution is 7.13. The molecule has 148 valence electrons. The molecule has 0 radical (unpaired) electrons. The maximum Gasteiger partial charge on any atom is 0.279 e. The van der Waals surface area contributed by atoms with Crippen LogP contribution in [0.4, 0.5) is 5.69 Å². The SMILES string of the molecule is COCC[NH+](CC(=O)Nc1cccc(C)c1C)Cc1cc(-c2cccs2)on1. The number of thiophene rings is 1. The van der Waals surface area contributed by atoms with Crippen LogP contribution in [0.25, 0.3) is 10.6 Å². The van der Waals surface area contributed by atoms with Gasteiger partial charge in [-0.25, -0.2) is 0 Å². The number of aryl methyl sites for hydroxylation is 1. The summed E-state index contributed by atoms with van der Waals surface area (Å²) in [5, 5.41) is 9.21. The fourth-order valence-electron chi connectivity index (χ4n) is 2.98. The normalized spacial score (nSPS) is 12.1. The maximum atomic E-state index is 12.6. The van der Waals surface area contributed by atoms with Gasteiger partial charge in [0.15, 0.2) is 12.3 Å². The topological polar surface area (TPSA) is 68.8 Å². The van der Waals surface area contributed by atoms with Crippen LogP contribution in [0.5, 0.6) is 0 Å². The summed E-state index contributed by atoms with van der Waals surface area (Å²) in [4.78, 5) is 14.7. The van der Waals surface area contributed by atoms with Gasteiger partial charge in [-0.3, -0.25) is 4.79 Å². The number of anilines is 1. The summed E-state index contributed by atoms with van der Waals surface area (Å²) in [7, 11) is 1.67. The molecule has 7 heteroatoms. The zero-order valence-electron chi connectivity index (χ0n) is 16.5. The van der Waals surface area contributed by atoms with Gasteiger partial charge in [0.05, 0.1) is 11.5 Å². The molecule has 2 heterocycles. The number of nitrogens with one attached hydrogen (secondary N) is 2. The van der Waals surface area contributed by atoms with E-state index in [2.05, 4.69) is 10.5 Å². The lowest BCUT2D eigenvalue weighted by Gasteiger charge is -2.18. The highest BCUT2D eigenvalue weighted by Crippen LogP contribution is 2.24. The van der Waals surface area contributed by atoms with Crippen molar-refractivity contribution < 1.29 is 19.0 Å². The standard InChI is InChI=1S/C21H25N3O3S/c1-15-6-4-7-18(16(15)2)22-21(25)14-24(9-10-26-3)13-17-12-19(27-23-17)20-8-5-11-28-20/h4-8,11-12H,9-10,13-14H2,1-3H3,(H,22,25)/p+1. The van der Waals surface area contributed by atoms with Crippen LogP contribution in [0.3, 0.4) is 0 Å². The monoisotopic (exact) mass is 400 g/mol. The van der Waals surface area contributed by atoms with Gasteiger partial charge in [0, 0.05) is 18.9 Å². The van der Waals surface area contributed by atoms with Crippen LogP contribution >= 0.6 is 11.3 Å². The molecule has 0 aliphatic carbocycles. The molecule has 6 nitrogen and oxygen atoms in total. The van der Waals surface area contributed by atoms with E-state index in [1.165, 1.54) is 0 Å². The second kappa shape index (κ2) is 9.64. The first kappa shape index (κ1) is 20.3. The predicted octanol–water partition coefficient (Wildman–Crippen LogP) is 2.69. The Morgan fingerprint density at radius 1 is 1.29 bits per heavy atom. The fourth-order valence-corrected chi connectivity index (χ4v) is 3.65. The maximum absolute atomic E-state index is 12.6. The van der Waals surface area contributed by atoms with Gasteiger partial charge in [-0.15, -0.1) is 11.3 Å². The minimum Gasteiger partial charge on any atom is -0.379 e. The van der Waals surface area contributed by atoms with Crippen LogP contribution in [0.2, 0.25) is 0 Å². The molecule has 2 N–H and O–H groups in total. The Kier molecular flexibility index (Phi) is 6.97. The summed E-state index contributed by atoms with van der Waals surface area (Å²) in [5.41, 5.74) is 3.93. The molecule has 3 rings (SSSR count). The molecule has 28 heavy (non-hydrogen) atoms. The largest absolute Gasteiger partial charge is 0.379 e. The number of rotatable bonds is 9. The van der Waals surface area contributed by atoms with E-state index in [0.717, 1.165) is 38.0 Å². The van der Waals surface area contributed by atoms with Crippen molar-refractivity contribution >= 4 is 22.9 Å². The van der Waals surface area contributed by atoms with Gasteiger partial charge in [-0.2, -0.15) is 0 Å². The lowest BCUT2D eigenvalue weighted by Crippen LogP contribution is -3.12. The molecular weight excluding hydrogens is 374 g/mol. The summed E-state index contributed by atoms with van der Waals surface area (Å²) in [6, 6.07) is 11.9. The van der Waals surface area contributed by atoms with Crippen LogP contribution in [-0.2, 0) is 16.1 Å². The van der Waals surface area contributed by atoms with E-state index in [1.54, 1.807) is 18.4 Å². The van der Waals surface area contributed by atoms with Crippen molar-refractivity contribution in [2.75, 3.05) is 32.1 Å². The van der Waals surface area contributed by atoms with Crippen LogP contribution in [0, 0.1) is 13.8 Å². The molecule has 3 aromatic rings. The average molecular weight is 401 g/mol. The van der Waals surface area contributed by atoms with Crippen molar-refractivity contribution in [3.63, 3.8) is 0 Å². The zero-order chi connectivity index (χ0) is 19.9. The number of quaternary nitrogens is 1. The molecule has 0 fully saturated rings. The van der Waals surface area contributed by atoms with Crippen molar-refractivity contribution in [2.24, 2.45) is 0 Å². The van der Waals surface area contributed by atoms with E-state index in [9.17, 15) is 4.79 Å². The van der Waals surface area contributed by atoms with Crippen LogP contribution in [-0.4, -0.2) is 37.9 Å². The number of carbonyl (C=O) groups is 1.